The van der Waals surface area contributed by atoms with Crippen LogP contribution in [0.5, 0.6) is 0 Å². The van der Waals surface area contributed by atoms with Gasteiger partial charge in [0.2, 0.25) is 0 Å². The Balaban J connectivity index is 2.24. The Bertz CT molecular complexity index is 516. The number of nitrogens with one attached hydrogen (secondary N) is 1. The van der Waals surface area contributed by atoms with Crippen molar-refractivity contribution in [3.8, 4) is 0 Å². The molecule has 0 aliphatic carbocycles. The van der Waals surface area contributed by atoms with Gasteiger partial charge < -0.3 is 11.1 Å². The van der Waals surface area contributed by atoms with Crippen LogP contribution >= 0.6 is 15.9 Å². The van der Waals surface area contributed by atoms with Gasteiger partial charge in [-0.05, 0) is 40.2 Å². The van der Waals surface area contributed by atoms with E-state index >= 15 is 0 Å². The van der Waals surface area contributed by atoms with Crippen LogP contribution in [0.1, 0.15) is 0 Å². The molecule has 2 aromatic rings. The van der Waals surface area contributed by atoms with Gasteiger partial charge >= 0.3 is 0 Å². The van der Waals surface area contributed by atoms with Crippen LogP contribution in [-0.2, 0) is 0 Å². The van der Waals surface area contributed by atoms with Crippen molar-refractivity contribution >= 4 is 33.1 Å². The smallest absolute Gasteiger partial charge is 0.139 e. The first-order valence-electron chi connectivity index (χ1n) is 4.59. The summed E-state index contributed by atoms with van der Waals surface area (Å²) in [5.41, 5.74) is 6.84. The third-order valence-corrected chi connectivity index (χ3v) is 2.62. The average Bonchev–Trinajstić information content (AvgIpc) is 2.24. The third-order valence-electron chi connectivity index (χ3n) is 1.98. The van der Waals surface area contributed by atoms with Crippen LogP contribution in [0.3, 0.4) is 0 Å². The van der Waals surface area contributed by atoms with Crippen LogP contribution in [0.25, 0.3) is 0 Å². The zero-order chi connectivity index (χ0) is 11.5. The van der Waals surface area contributed by atoms with E-state index in [-0.39, 0.29) is 5.82 Å². The van der Waals surface area contributed by atoms with Crippen LogP contribution in [0.15, 0.2) is 41.0 Å². The van der Waals surface area contributed by atoms with Gasteiger partial charge in [0.15, 0.2) is 0 Å². The molecule has 0 saturated heterocycles. The van der Waals surface area contributed by atoms with E-state index in [4.69, 9.17) is 5.73 Å². The van der Waals surface area contributed by atoms with Crippen molar-refractivity contribution in [3.05, 3.63) is 46.8 Å². The number of nitrogens with zero attached hydrogens (tertiary/aromatic N) is 1. The second-order valence-electron chi connectivity index (χ2n) is 3.23. The van der Waals surface area contributed by atoms with Crippen molar-refractivity contribution in [2.75, 3.05) is 11.1 Å². The molecule has 1 aromatic carbocycles. The van der Waals surface area contributed by atoms with Crippen LogP contribution < -0.4 is 11.1 Å². The highest BCUT2D eigenvalue weighted by Gasteiger charge is 2.01. The summed E-state index contributed by atoms with van der Waals surface area (Å²) in [4.78, 5) is 4.06. The Morgan fingerprint density at radius 2 is 2.06 bits per heavy atom. The minimum atomic E-state index is -0.325. The lowest BCUT2D eigenvalue weighted by molar-refractivity contribution is 0.622. The molecule has 3 N–H and O–H groups in total. The highest BCUT2D eigenvalue weighted by molar-refractivity contribution is 9.10. The van der Waals surface area contributed by atoms with Crippen molar-refractivity contribution in [3.63, 3.8) is 0 Å². The normalized spacial score (nSPS) is 10.1. The van der Waals surface area contributed by atoms with E-state index in [1.165, 1.54) is 6.07 Å². The Morgan fingerprint density at radius 3 is 2.75 bits per heavy atom. The zero-order valence-corrected chi connectivity index (χ0v) is 9.83. The van der Waals surface area contributed by atoms with E-state index < -0.39 is 0 Å². The SMILES string of the molecule is Nc1ccnc(Nc2ccc(Br)c(F)c2)c1. The van der Waals surface area contributed by atoms with E-state index in [9.17, 15) is 4.39 Å². The molecule has 0 radical (unpaired) electrons. The fraction of sp³-hybridized carbons (Fsp3) is 0. The molecule has 3 nitrogen and oxygen atoms in total. The minimum absolute atomic E-state index is 0.325. The molecule has 0 bridgehead atoms. The molecule has 82 valence electrons. The molecule has 0 unspecified atom stereocenters. The van der Waals surface area contributed by atoms with E-state index in [2.05, 4.69) is 26.2 Å². The quantitative estimate of drug-likeness (QED) is 0.888. The Morgan fingerprint density at radius 1 is 1.25 bits per heavy atom. The Labute approximate surface area is 101 Å². The van der Waals surface area contributed by atoms with Gasteiger partial charge in [0.25, 0.3) is 0 Å². The molecule has 0 saturated carbocycles. The van der Waals surface area contributed by atoms with Crippen molar-refractivity contribution < 1.29 is 4.39 Å². The second-order valence-corrected chi connectivity index (χ2v) is 4.08. The van der Waals surface area contributed by atoms with Crippen LogP contribution in [0, 0.1) is 5.82 Å². The van der Waals surface area contributed by atoms with Crippen molar-refractivity contribution in [2.45, 2.75) is 0 Å². The van der Waals surface area contributed by atoms with E-state index in [0.29, 0.717) is 21.7 Å². The Kier molecular flexibility index (Phi) is 3.05. The predicted octanol–water partition coefficient (Wildman–Crippen LogP) is 3.31. The number of pyridine rings is 1. The maximum Gasteiger partial charge on any atom is 0.139 e. The fourth-order valence-electron chi connectivity index (χ4n) is 1.24. The monoisotopic (exact) mass is 281 g/mol. The van der Waals surface area contributed by atoms with Gasteiger partial charge in [0, 0.05) is 23.6 Å². The lowest BCUT2D eigenvalue weighted by Gasteiger charge is -2.06. The van der Waals surface area contributed by atoms with Gasteiger partial charge in [-0.15, -0.1) is 0 Å². The first-order valence-corrected chi connectivity index (χ1v) is 5.38. The summed E-state index contributed by atoms with van der Waals surface area (Å²) in [5.74, 6) is 0.260. The fourth-order valence-corrected chi connectivity index (χ4v) is 1.48. The van der Waals surface area contributed by atoms with Gasteiger partial charge in [0.1, 0.15) is 11.6 Å². The summed E-state index contributed by atoms with van der Waals surface area (Å²) in [6.45, 7) is 0. The van der Waals surface area contributed by atoms with Gasteiger partial charge in [-0.25, -0.2) is 9.37 Å². The summed E-state index contributed by atoms with van der Waals surface area (Å²) in [7, 11) is 0. The molecule has 0 fully saturated rings. The second kappa shape index (κ2) is 4.49. The first kappa shape index (κ1) is 10.9. The van der Waals surface area contributed by atoms with Gasteiger partial charge in [-0.1, -0.05) is 0 Å². The lowest BCUT2D eigenvalue weighted by atomic mass is 10.3. The first-order chi connectivity index (χ1) is 7.65. The molecule has 0 amide bonds. The van der Waals surface area contributed by atoms with Crippen LogP contribution in [0.2, 0.25) is 0 Å². The molecular formula is C11H9BrFN3. The molecule has 2 rings (SSSR count). The molecule has 0 atom stereocenters. The summed E-state index contributed by atoms with van der Waals surface area (Å²) in [5, 5.41) is 2.96. The molecule has 0 spiro atoms. The minimum Gasteiger partial charge on any atom is -0.399 e. The van der Waals surface area contributed by atoms with Gasteiger partial charge in [-0.2, -0.15) is 0 Å². The van der Waals surface area contributed by atoms with E-state index in [1.54, 1.807) is 30.5 Å². The van der Waals surface area contributed by atoms with Crippen molar-refractivity contribution in [1.29, 1.82) is 0 Å². The molecule has 5 heteroatoms. The number of aromatic nitrogens is 1. The van der Waals surface area contributed by atoms with Gasteiger partial charge in [-0.3, -0.25) is 0 Å². The number of hydrogen-bond donors (Lipinski definition) is 2. The summed E-state index contributed by atoms with van der Waals surface area (Å²) < 4.78 is 13.7. The Hall–Kier alpha value is -1.62. The van der Waals surface area contributed by atoms with Crippen LogP contribution in [0.4, 0.5) is 21.6 Å². The number of hydrogen-bond acceptors (Lipinski definition) is 3. The number of halogens is 2. The molecule has 0 aliphatic heterocycles. The number of nitrogens with two attached hydrogens (primary N) is 1. The topological polar surface area (TPSA) is 50.9 Å². The highest BCUT2D eigenvalue weighted by atomic mass is 79.9. The van der Waals surface area contributed by atoms with E-state index in [0.717, 1.165) is 0 Å². The van der Waals surface area contributed by atoms with Crippen molar-refractivity contribution in [1.82, 2.24) is 4.98 Å². The maximum absolute atomic E-state index is 13.2. The largest absolute Gasteiger partial charge is 0.399 e. The summed E-state index contributed by atoms with van der Waals surface area (Å²) >= 11 is 3.09. The van der Waals surface area contributed by atoms with Gasteiger partial charge in [0.05, 0.1) is 4.47 Å². The van der Waals surface area contributed by atoms with Crippen molar-refractivity contribution in [2.24, 2.45) is 0 Å². The molecule has 1 aromatic heterocycles. The molecule has 0 aliphatic rings. The lowest BCUT2D eigenvalue weighted by Crippen LogP contribution is -1.95. The maximum atomic E-state index is 13.2. The van der Waals surface area contributed by atoms with Crippen LogP contribution in [-0.4, -0.2) is 4.98 Å². The number of anilines is 3. The van der Waals surface area contributed by atoms with E-state index in [1.807, 2.05) is 0 Å². The average molecular weight is 282 g/mol. The summed E-state index contributed by atoms with van der Waals surface area (Å²) in [6.07, 6.45) is 1.59. The third kappa shape index (κ3) is 2.49. The zero-order valence-electron chi connectivity index (χ0n) is 8.24. The summed E-state index contributed by atoms with van der Waals surface area (Å²) in [6, 6.07) is 8.13. The number of benzene rings is 1. The molecule has 1 heterocycles. The standard InChI is InChI=1S/C11H9BrFN3/c12-9-2-1-8(6-10(9)13)16-11-5-7(14)3-4-15-11/h1-6H,(H3,14,15,16). The predicted molar refractivity (Wildman–Crippen MR) is 66.0 cm³/mol. The highest BCUT2D eigenvalue weighted by Crippen LogP contribution is 2.22. The number of rotatable bonds is 2. The molecule has 16 heavy (non-hydrogen) atoms. The molecular weight excluding hydrogens is 273 g/mol. The number of nitrogen functional groups attached to an aromatic ring is 1.